The van der Waals surface area contributed by atoms with Gasteiger partial charge >= 0.3 is 0 Å². The molecule has 2 heterocycles. The minimum absolute atomic E-state index is 0.233. The van der Waals surface area contributed by atoms with Crippen LogP contribution in [-0.2, 0) is 4.74 Å². The number of hydrogen-bond acceptors (Lipinski definition) is 3. The minimum Gasteiger partial charge on any atom is -0.378 e. The molecule has 2 atom stereocenters. The van der Waals surface area contributed by atoms with Crippen LogP contribution in [0.5, 0.6) is 0 Å². The van der Waals surface area contributed by atoms with E-state index in [0.29, 0.717) is 0 Å². The quantitative estimate of drug-likeness (QED) is 0.683. The van der Waals surface area contributed by atoms with E-state index in [1.807, 2.05) is 0 Å². The van der Waals surface area contributed by atoms with E-state index in [-0.39, 0.29) is 11.6 Å². The Kier molecular flexibility index (Phi) is 3.83. The van der Waals surface area contributed by atoms with Crippen molar-refractivity contribution in [2.24, 2.45) is 0 Å². The SMILES string of the molecule is CC1CC(C#N)(N2CCCCCC2)CCO1. The first kappa shape index (κ1) is 11.9. The average Bonchev–Trinajstić information content (AvgIpc) is 2.57. The summed E-state index contributed by atoms with van der Waals surface area (Å²) in [6.45, 7) is 5.02. The molecule has 0 saturated carbocycles. The van der Waals surface area contributed by atoms with Gasteiger partial charge in [0.15, 0.2) is 0 Å². The monoisotopic (exact) mass is 222 g/mol. The van der Waals surface area contributed by atoms with E-state index < -0.39 is 0 Å². The summed E-state index contributed by atoms with van der Waals surface area (Å²) in [6, 6.07) is 2.59. The van der Waals surface area contributed by atoms with Crippen molar-refractivity contribution < 1.29 is 4.74 Å². The first-order chi connectivity index (χ1) is 7.77. The average molecular weight is 222 g/mol. The molecule has 2 unspecified atom stereocenters. The molecule has 0 aromatic rings. The number of ether oxygens (including phenoxy) is 1. The van der Waals surface area contributed by atoms with E-state index in [4.69, 9.17) is 4.74 Å². The predicted octanol–water partition coefficient (Wildman–Crippen LogP) is 2.32. The molecule has 2 rings (SSSR count). The Morgan fingerprint density at radius 1 is 1.25 bits per heavy atom. The van der Waals surface area contributed by atoms with Crippen LogP contribution in [-0.4, -0.2) is 36.2 Å². The van der Waals surface area contributed by atoms with Gasteiger partial charge in [-0.2, -0.15) is 5.26 Å². The van der Waals surface area contributed by atoms with Gasteiger partial charge in [0.25, 0.3) is 0 Å². The lowest BCUT2D eigenvalue weighted by Gasteiger charge is -2.42. The molecule has 0 bridgehead atoms. The van der Waals surface area contributed by atoms with Gasteiger partial charge < -0.3 is 4.74 Å². The van der Waals surface area contributed by atoms with Gasteiger partial charge in [-0.25, -0.2) is 0 Å². The third-order valence-corrected chi connectivity index (χ3v) is 3.96. The zero-order valence-electron chi connectivity index (χ0n) is 10.2. The summed E-state index contributed by atoms with van der Waals surface area (Å²) in [5.74, 6) is 0. The molecule has 2 aliphatic heterocycles. The molecule has 90 valence electrons. The molecule has 0 radical (unpaired) electrons. The second kappa shape index (κ2) is 5.16. The molecular formula is C13H22N2O. The van der Waals surface area contributed by atoms with Crippen LogP contribution in [0.2, 0.25) is 0 Å². The number of hydrogen-bond donors (Lipinski definition) is 0. The molecule has 0 aromatic carbocycles. The van der Waals surface area contributed by atoms with Crippen LogP contribution in [0.3, 0.4) is 0 Å². The summed E-state index contributed by atoms with van der Waals surface area (Å²) in [5.41, 5.74) is -0.234. The predicted molar refractivity (Wildman–Crippen MR) is 63.0 cm³/mol. The lowest BCUT2D eigenvalue weighted by Crippen LogP contribution is -2.53. The first-order valence-corrected chi connectivity index (χ1v) is 6.55. The highest BCUT2D eigenvalue weighted by Crippen LogP contribution is 2.32. The Morgan fingerprint density at radius 2 is 1.94 bits per heavy atom. The van der Waals surface area contributed by atoms with Crippen molar-refractivity contribution in [3.8, 4) is 6.07 Å². The van der Waals surface area contributed by atoms with Crippen molar-refractivity contribution in [3.63, 3.8) is 0 Å². The number of nitrogens with zero attached hydrogens (tertiary/aromatic N) is 2. The van der Waals surface area contributed by atoms with E-state index in [2.05, 4.69) is 17.9 Å². The van der Waals surface area contributed by atoms with E-state index >= 15 is 0 Å². The fourth-order valence-electron chi connectivity index (χ4n) is 3.02. The zero-order chi connectivity index (χ0) is 11.4. The fourth-order valence-corrected chi connectivity index (χ4v) is 3.02. The van der Waals surface area contributed by atoms with Crippen LogP contribution in [0.1, 0.15) is 45.4 Å². The van der Waals surface area contributed by atoms with Crippen LogP contribution >= 0.6 is 0 Å². The van der Waals surface area contributed by atoms with Gasteiger partial charge in [0.05, 0.1) is 12.2 Å². The highest BCUT2D eigenvalue weighted by molar-refractivity contribution is 5.10. The highest BCUT2D eigenvalue weighted by Gasteiger charge is 2.41. The molecule has 0 amide bonds. The molecule has 0 spiro atoms. The molecule has 0 N–H and O–H groups in total. The van der Waals surface area contributed by atoms with Gasteiger partial charge in [-0.15, -0.1) is 0 Å². The highest BCUT2D eigenvalue weighted by atomic mass is 16.5. The second-order valence-corrected chi connectivity index (χ2v) is 5.18. The third-order valence-electron chi connectivity index (χ3n) is 3.96. The van der Waals surface area contributed by atoms with Crippen LogP contribution in [0, 0.1) is 11.3 Å². The summed E-state index contributed by atoms with van der Waals surface area (Å²) in [5, 5.41) is 9.56. The van der Waals surface area contributed by atoms with Gasteiger partial charge in [-0.3, -0.25) is 4.90 Å². The molecule has 2 saturated heterocycles. The molecular weight excluding hydrogens is 200 g/mol. The maximum absolute atomic E-state index is 9.56. The maximum atomic E-state index is 9.56. The fraction of sp³-hybridized carbons (Fsp3) is 0.923. The van der Waals surface area contributed by atoms with Crippen LogP contribution in [0.25, 0.3) is 0 Å². The van der Waals surface area contributed by atoms with E-state index in [0.717, 1.165) is 32.5 Å². The lowest BCUT2D eigenvalue weighted by atomic mass is 9.86. The Morgan fingerprint density at radius 3 is 2.50 bits per heavy atom. The normalized spacial score (nSPS) is 37.6. The Hall–Kier alpha value is -0.590. The number of rotatable bonds is 1. The first-order valence-electron chi connectivity index (χ1n) is 6.55. The van der Waals surface area contributed by atoms with Gasteiger partial charge in [-0.05, 0) is 32.9 Å². The standard InChI is InChI=1S/C13H22N2O/c1-12-10-13(11-14,6-9-16-12)15-7-4-2-3-5-8-15/h12H,2-10H2,1H3. The molecule has 3 nitrogen and oxygen atoms in total. The van der Waals surface area contributed by atoms with Crippen molar-refractivity contribution >= 4 is 0 Å². The Bertz CT molecular complexity index is 266. The van der Waals surface area contributed by atoms with Crippen LogP contribution < -0.4 is 0 Å². The van der Waals surface area contributed by atoms with Gasteiger partial charge in [-0.1, -0.05) is 12.8 Å². The van der Waals surface area contributed by atoms with Crippen molar-refractivity contribution in [3.05, 3.63) is 0 Å². The molecule has 0 aromatic heterocycles. The zero-order valence-corrected chi connectivity index (χ0v) is 10.2. The summed E-state index contributed by atoms with van der Waals surface area (Å²) in [4.78, 5) is 2.43. The molecule has 2 fully saturated rings. The third kappa shape index (κ3) is 2.39. The molecule has 16 heavy (non-hydrogen) atoms. The van der Waals surface area contributed by atoms with Gasteiger partial charge in [0.2, 0.25) is 0 Å². The van der Waals surface area contributed by atoms with Crippen molar-refractivity contribution in [1.29, 1.82) is 5.26 Å². The maximum Gasteiger partial charge on any atom is 0.113 e. The lowest BCUT2D eigenvalue weighted by molar-refractivity contribution is -0.0432. The van der Waals surface area contributed by atoms with Crippen molar-refractivity contribution in [2.45, 2.75) is 57.1 Å². The number of nitriles is 1. The smallest absolute Gasteiger partial charge is 0.113 e. The summed E-state index contributed by atoms with van der Waals surface area (Å²) in [6.07, 6.45) is 7.14. The minimum atomic E-state index is -0.234. The summed E-state index contributed by atoms with van der Waals surface area (Å²) < 4.78 is 5.58. The van der Waals surface area contributed by atoms with Crippen molar-refractivity contribution in [1.82, 2.24) is 4.90 Å². The van der Waals surface area contributed by atoms with Gasteiger partial charge in [0.1, 0.15) is 5.54 Å². The Balaban J connectivity index is 2.09. The second-order valence-electron chi connectivity index (χ2n) is 5.18. The van der Waals surface area contributed by atoms with E-state index in [9.17, 15) is 5.26 Å². The van der Waals surface area contributed by atoms with Gasteiger partial charge in [0, 0.05) is 19.4 Å². The summed E-state index contributed by atoms with van der Waals surface area (Å²) >= 11 is 0. The molecule has 2 aliphatic rings. The summed E-state index contributed by atoms with van der Waals surface area (Å²) in [7, 11) is 0. The topological polar surface area (TPSA) is 36.3 Å². The van der Waals surface area contributed by atoms with Crippen LogP contribution in [0.15, 0.2) is 0 Å². The van der Waals surface area contributed by atoms with Crippen LogP contribution in [0.4, 0.5) is 0 Å². The van der Waals surface area contributed by atoms with E-state index in [1.54, 1.807) is 0 Å². The number of likely N-dealkylation sites (tertiary alicyclic amines) is 1. The Labute approximate surface area is 98.4 Å². The largest absolute Gasteiger partial charge is 0.378 e. The molecule has 3 heteroatoms. The van der Waals surface area contributed by atoms with E-state index in [1.165, 1.54) is 25.7 Å². The molecule has 0 aliphatic carbocycles. The van der Waals surface area contributed by atoms with Crippen molar-refractivity contribution in [2.75, 3.05) is 19.7 Å².